The standard InChI is InChI=1S/C11H9ClN2O3S/c1-8-2-3-9(6-13-8)17-11-5-4-10(7-14-11)18(12,15)16/h2-7H,1H3. The molecule has 0 bridgehead atoms. The summed E-state index contributed by atoms with van der Waals surface area (Å²) in [7, 11) is 1.41. The molecule has 0 atom stereocenters. The topological polar surface area (TPSA) is 69.2 Å². The average Bonchev–Trinajstić information content (AvgIpc) is 2.32. The van der Waals surface area contributed by atoms with Crippen molar-refractivity contribution in [1.82, 2.24) is 9.97 Å². The lowest BCUT2D eigenvalue weighted by atomic mass is 10.4. The fourth-order valence-electron chi connectivity index (χ4n) is 1.21. The number of hydrogen-bond donors (Lipinski definition) is 0. The number of ether oxygens (including phenoxy) is 1. The van der Waals surface area contributed by atoms with Crippen LogP contribution in [0.5, 0.6) is 11.6 Å². The van der Waals surface area contributed by atoms with Crippen molar-refractivity contribution in [3.05, 3.63) is 42.4 Å². The Bertz CT molecular complexity index is 639. The number of pyridine rings is 2. The molecule has 0 amide bonds. The summed E-state index contributed by atoms with van der Waals surface area (Å²) in [5.74, 6) is 0.791. The van der Waals surface area contributed by atoms with Crippen LogP contribution in [0.15, 0.2) is 41.6 Å². The van der Waals surface area contributed by atoms with Gasteiger partial charge in [0, 0.05) is 22.4 Å². The predicted molar refractivity (Wildman–Crippen MR) is 66.3 cm³/mol. The van der Waals surface area contributed by atoms with Gasteiger partial charge in [0.15, 0.2) is 0 Å². The summed E-state index contributed by atoms with van der Waals surface area (Å²) < 4.78 is 27.4. The molecule has 0 aliphatic heterocycles. The van der Waals surface area contributed by atoms with Crippen LogP contribution in [0, 0.1) is 6.92 Å². The lowest BCUT2D eigenvalue weighted by Crippen LogP contribution is -1.94. The molecule has 0 aliphatic rings. The first-order valence-electron chi connectivity index (χ1n) is 4.96. The van der Waals surface area contributed by atoms with Gasteiger partial charge in [0.2, 0.25) is 5.88 Å². The van der Waals surface area contributed by atoms with Crippen LogP contribution in [0.2, 0.25) is 0 Å². The molecule has 2 aromatic heterocycles. The van der Waals surface area contributed by atoms with Crippen LogP contribution >= 0.6 is 10.7 Å². The number of halogens is 1. The van der Waals surface area contributed by atoms with Gasteiger partial charge in [-0.15, -0.1) is 0 Å². The van der Waals surface area contributed by atoms with Crippen molar-refractivity contribution in [3.63, 3.8) is 0 Å². The van der Waals surface area contributed by atoms with Gasteiger partial charge in [0.05, 0.1) is 12.4 Å². The van der Waals surface area contributed by atoms with E-state index in [1.54, 1.807) is 18.3 Å². The van der Waals surface area contributed by atoms with Crippen LogP contribution in [-0.2, 0) is 9.05 Å². The minimum absolute atomic E-state index is 0.0708. The van der Waals surface area contributed by atoms with E-state index in [0.717, 1.165) is 11.9 Å². The lowest BCUT2D eigenvalue weighted by molar-refractivity contribution is 0.459. The highest BCUT2D eigenvalue weighted by molar-refractivity contribution is 8.13. The molecule has 18 heavy (non-hydrogen) atoms. The Kier molecular flexibility index (Phi) is 3.49. The molecular formula is C11H9ClN2O3S. The number of nitrogens with zero attached hydrogens (tertiary/aromatic N) is 2. The molecule has 5 nitrogen and oxygen atoms in total. The zero-order valence-corrected chi connectivity index (χ0v) is 10.9. The largest absolute Gasteiger partial charge is 0.437 e. The summed E-state index contributed by atoms with van der Waals surface area (Å²) in [6, 6.07) is 6.30. The monoisotopic (exact) mass is 284 g/mol. The Morgan fingerprint density at radius 1 is 1.11 bits per heavy atom. The van der Waals surface area contributed by atoms with Gasteiger partial charge in [-0.05, 0) is 25.1 Å². The molecule has 0 unspecified atom stereocenters. The van der Waals surface area contributed by atoms with E-state index in [9.17, 15) is 8.42 Å². The van der Waals surface area contributed by atoms with E-state index in [4.69, 9.17) is 15.4 Å². The van der Waals surface area contributed by atoms with Crippen molar-refractivity contribution < 1.29 is 13.2 Å². The molecule has 2 heterocycles. The summed E-state index contributed by atoms with van der Waals surface area (Å²) in [6.07, 6.45) is 2.70. The summed E-state index contributed by atoms with van der Waals surface area (Å²) in [6.45, 7) is 1.86. The van der Waals surface area contributed by atoms with Gasteiger partial charge >= 0.3 is 0 Å². The van der Waals surface area contributed by atoms with Gasteiger partial charge in [0.1, 0.15) is 10.6 Å². The van der Waals surface area contributed by atoms with Crippen molar-refractivity contribution >= 4 is 19.7 Å². The van der Waals surface area contributed by atoms with Gasteiger partial charge in [-0.3, -0.25) is 4.98 Å². The van der Waals surface area contributed by atoms with Crippen molar-refractivity contribution in [1.29, 1.82) is 0 Å². The van der Waals surface area contributed by atoms with E-state index in [1.807, 2.05) is 6.92 Å². The Morgan fingerprint density at radius 2 is 1.89 bits per heavy atom. The van der Waals surface area contributed by atoms with E-state index < -0.39 is 9.05 Å². The SMILES string of the molecule is Cc1ccc(Oc2ccc(S(=O)(=O)Cl)cn2)cn1. The maximum Gasteiger partial charge on any atom is 0.262 e. The third kappa shape index (κ3) is 3.18. The number of aromatic nitrogens is 2. The Morgan fingerprint density at radius 3 is 2.39 bits per heavy atom. The highest BCUT2D eigenvalue weighted by atomic mass is 35.7. The van der Waals surface area contributed by atoms with E-state index in [-0.39, 0.29) is 10.8 Å². The smallest absolute Gasteiger partial charge is 0.262 e. The molecule has 0 aromatic carbocycles. The van der Waals surface area contributed by atoms with Gasteiger partial charge in [-0.1, -0.05) is 0 Å². The molecule has 0 spiro atoms. The highest BCUT2D eigenvalue weighted by Gasteiger charge is 2.10. The summed E-state index contributed by atoms with van der Waals surface area (Å²) in [5, 5.41) is 0. The fraction of sp³-hybridized carbons (Fsp3) is 0.0909. The van der Waals surface area contributed by atoms with Crippen LogP contribution in [0.25, 0.3) is 0 Å². The molecule has 0 saturated heterocycles. The molecule has 0 radical (unpaired) electrons. The highest BCUT2D eigenvalue weighted by Crippen LogP contribution is 2.20. The summed E-state index contributed by atoms with van der Waals surface area (Å²) >= 11 is 0. The molecule has 0 aliphatic carbocycles. The Labute approximate surface area is 109 Å². The van der Waals surface area contributed by atoms with Crippen LogP contribution in [0.4, 0.5) is 0 Å². The normalized spacial score (nSPS) is 11.2. The van der Waals surface area contributed by atoms with Crippen molar-refractivity contribution in [2.24, 2.45) is 0 Å². The second-order valence-corrected chi connectivity index (χ2v) is 6.07. The number of aryl methyl sites for hydroxylation is 1. The first kappa shape index (κ1) is 12.8. The van der Waals surface area contributed by atoms with Gasteiger partial charge < -0.3 is 4.74 Å². The maximum atomic E-state index is 11.0. The van der Waals surface area contributed by atoms with Gasteiger partial charge in [-0.2, -0.15) is 0 Å². The van der Waals surface area contributed by atoms with Crippen molar-refractivity contribution in [2.45, 2.75) is 11.8 Å². The second kappa shape index (κ2) is 4.91. The average molecular weight is 285 g/mol. The Hall–Kier alpha value is -1.66. The third-order valence-corrected chi connectivity index (χ3v) is 3.44. The predicted octanol–water partition coefficient (Wildman–Crippen LogP) is 2.50. The van der Waals surface area contributed by atoms with E-state index in [1.165, 1.54) is 12.1 Å². The number of rotatable bonds is 3. The van der Waals surface area contributed by atoms with Crippen molar-refractivity contribution in [2.75, 3.05) is 0 Å². The molecule has 7 heteroatoms. The quantitative estimate of drug-likeness (QED) is 0.810. The van der Waals surface area contributed by atoms with E-state index in [2.05, 4.69) is 9.97 Å². The lowest BCUT2D eigenvalue weighted by Gasteiger charge is -2.04. The van der Waals surface area contributed by atoms with Crippen LogP contribution in [0.3, 0.4) is 0 Å². The zero-order valence-electron chi connectivity index (χ0n) is 9.37. The molecule has 94 valence electrons. The molecule has 2 aromatic rings. The molecular weight excluding hydrogens is 276 g/mol. The minimum Gasteiger partial charge on any atom is -0.437 e. The zero-order chi connectivity index (χ0) is 13.2. The maximum absolute atomic E-state index is 11.0. The minimum atomic E-state index is -3.76. The molecule has 0 fully saturated rings. The van der Waals surface area contributed by atoms with Crippen LogP contribution in [0.1, 0.15) is 5.69 Å². The first-order chi connectivity index (χ1) is 8.45. The third-order valence-electron chi connectivity index (χ3n) is 2.10. The Balaban J connectivity index is 2.18. The summed E-state index contributed by atoms with van der Waals surface area (Å²) in [5.41, 5.74) is 0.874. The van der Waals surface area contributed by atoms with E-state index >= 15 is 0 Å². The summed E-state index contributed by atoms with van der Waals surface area (Å²) in [4.78, 5) is 7.84. The molecule has 0 N–H and O–H groups in total. The van der Waals surface area contributed by atoms with Crippen molar-refractivity contribution in [3.8, 4) is 11.6 Å². The first-order valence-corrected chi connectivity index (χ1v) is 7.27. The van der Waals surface area contributed by atoms with Gasteiger partial charge in [0.25, 0.3) is 9.05 Å². The molecule has 0 saturated carbocycles. The molecule has 2 rings (SSSR count). The fourth-order valence-corrected chi connectivity index (χ4v) is 1.89. The van der Waals surface area contributed by atoms with Crippen LogP contribution in [-0.4, -0.2) is 18.4 Å². The van der Waals surface area contributed by atoms with E-state index in [0.29, 0.717) is 5.75 Å². The number of hydrogen-bond acceptors (Lipinski definition) is 5. The van der Waals surface area contributed by atoms with Gasteiger partial charge in [-0.25, -0.2) is 13.4 Å². The second-order valence-electron chi connectivity index (χ2n) is 3.51. The van der Waals surface area contributed by atoms with Crippen LogP contribution < -0.4 is 4.74 Å².